The van der Waals surface area contributed by atoms with Crippen molar-refractivity contribution in [1.29, 1.82) is 0 Å². The third kappa shape index (κ3) is 4.32. The Bertz CT molecular complexity index is 395. The molecule has 0 fully saturated rings. The normalized spacial score (nSPS) is 12.4. The number of aryl methyl sites for hydroxylation is 1. The van der Waals surface area contributed by atoms with Crippen molar-refractivity contribution in [2.24, 2.45) is 0 Å². The zero-order valence-electron chi connectivity index (χ0n) is 9.73. The molecule has 0 aliphatic carbocycles. The van der Waals surface area contributed by atoms with Crippen molar-refractivity contribution in [2.45, 2.75) is 38.7 Å². The number of benzene rings is 1. The molecule has 0 amide bonds. The highest BCUT2D eigenvalue weighted by Crippen LogP contribution is 2.24. The highest BCUT2D eigenvalue weighted by Gasteiger charge is 2.15. The predicted molar refractivity (Wildman–Crippen MR) is 67.3 cm³/mol. The number of aliphatic hydroxyl groups excluding tert-OH is 1. The first-order chi connectivity index (χ1) is 8.04. The van der Waals surface area contributed by atoms with Crippen LogP contribution in [-0.2, 0) is 6.42 Å². The highest BCUT2D eigenvalue weighted by atomic mass is 35.5. The smallest absolute Gasteiger partial charge is 0.274 e. The molecule has 5 heteroatoms. The number of halogens is 1. The fourth-order valence-electron chi connectivity index (χ4n) is 1.72. The zero-order valence-corrected chi connectivity index (χ0v) is 10.5. The molecule has 0 saturated heterocycles. The average molecular weight is 258 g/mol. The van der Waals surface area contributed by atoms with Gasteiger partial charge in [-0.2, -0.15) is 0 Å². The number of nitro benzene ring substituents is 1. The molecule has 1 aromatic carbocycles. The third-order valence-corrected chi connectivity index (χ3v) is 2.85. The van der Waals surface area contributed by atoms with Crippen LogP contribution in [0, 0.1) is 10.1 Å². The molecule has 0 saturated carbocycles. The summed E-state index contributed by atoms with van der Waals surface area (Å²) in [6.07, 6.45) is 2.27. The molecule has 94 valence electrons. The first-order valence-corrected chi connectivity index (χ1v) is 6.03. The Balaban J connectivity index is 2.73. The molecule has 0 bridgehead atoms. The van der Waals surface area contributed by atoms with Gasteiger partial charge in [0, 0.05) is 16.7 Å². The number of nitrogens with zero attached hydrogens (tertiary/aromatic N) is 1. The number of hydrogen-bond donors (Lipinski definition) is 1. The largest absolute Gasteiger partial charge is 0.393 e. The van der Waals surface area contributed by atoms with Crippen molar-refractivity contribution in [3.8, 4) is 0 Å². The minimum atomic E-state index is -0.437. The maximum Gasteiger partial charge on any atom is 0.274 e. The van der Waals surface area contributed by atoms with Crippen LogP contribution in [0.4, 0.5) is 5.69 Å². The Hall–Kier alpha value is -1.13. The van der Waals surface area contributed by atoms with Crippen molar-refractivity contribution in [2.75, 3.05) is 0 Å². The summed E-state index contributed by atoms with van der Waals surface area (Å²) in [4.78, 5) is 10.4. The zero-order chi connectivity index (χ0) is 12.8. The van der Waals surface area contributed by atoms with E-state index < -0.39 is 11.0 Å². The summed E-state index contributed by atoms with van der Waals surface area (Å²) < 4.78 is 0. The molecular formula is C12H16ClNO3. The Labute approximate surface area is 105 Å². The number of hydrogen-bond acceptors (Lipinski definition) is 3. The van der Waals surface area contributed by atoms with Gasteiger partial charge in [0.1, 0.15) is 0 Å². The molecule has 1 unspecified atom stereocenters. The second-order valence-electron chi connectivity index (χ2n) is 4.01. The number of nitro groups is 1. The van der Waals surface area contributed by atoms with E-state index in [0.29, 0.717) is 23.4 Å². The van der Waals surface area contributed by atoms with Gasteiger partial charge in [-0.3, -0.25) is 10.1 Å². The minimum absolute atomic E-state index is 0.0289. The van der Waals surface area contributed by atoms with E-state index in [0.717, 1.165) is 12.8 Å². The lowest BCUT2D eigenvalue weighted by atomic mass is 10.0. The van der Waals surface area contributed by atoms with E-state index in [1.165, 1.54) is 6.07 Å². The van der Waals surface area contributed by atoms with E-state index in [1.807, 2.05) is 6.92 Å². The van der Waals surface area contributed by atoms with Crippen LogP contribution in [0.5, 0.6) is 0 Å². The molecular weight excluding hydrogens is 242 g/mol. The van der Waals surface area contributed by atoms with E-state index in [2.05, 4.69) is 0 Å². The van der Waals surface area contributed by atoms with Crippen LogP contribution < -0.4 is 0 Å². The fraction of sp³-hybridized carbons (Fsp3) is 0.500. The van der Waals surface area contributed by atoms with Crippen molar-refractivity contribution >= 4 is 17.3 Å². The standard InChI is InChI=1S/C12H16ClNO3/c1-2-3-11(15)7-5-9-4-6-10(13)8-12(9)14(16)17/h4,6,8,11,15H,2-3,5,7H2,1H3. The molecule has 1 rings (SSSR count). The Morgan fingerprint density at radius 2 is 2.18 bits per heavy atom. The van der Waals surface area contributed by atoms with Crippen LogP contribution in [0.25, 0.3) is 0 Å². The van der Waals surface area contributed by atoms with E-state index in [-0.39, 0.29) is 5.69 Å². The van der Waals surface area contributed by atoms with Crippen molar-refractivity contribution in [3.63, 3.8) is 0 Å². The van der Waals surface area contributed by atoms with Crippen molar-refractivity contribution < 1.29 is 10.0 Å². The van der Waals surface area contributed by atoms with Crippen LogP contribution in [0.15, 0.2) is 18.2 Å². The fourth-order valence-corrected chi connectivity index (χ4v) is 1.88. The minimum Gasteiger partial charge on any atom is -0.393 e. The summed E-state index contributed by atoms with van der Waals surface area (Å²) in [5.41, 5.74) is 0.649. The summed E-state index contributed by atoms with van der Waals surface area (Å²) >= 11 is 5.72. The van der Waals surface area contributed by atoms with E-state index >= 15 is 0 Å². The lowest BCUT2D eigenvalue weighted by Gasteiger charge is -2.09. The first-order valence-electron chi connectivity index (χ1n) is 5.65. The van der Waals surface area contributed by atoms with E-state index in [1.54, 1.807) is 12.1 Å². The van der Waals surface area contributed by atoms with Gasteiger partial charge in [0.25, 0.3) is 5.69 Å². The molecule has 17 heavy (non-hydrogen) atoms. The maximum atomic E-state index is 10.8. The second-order valence-corrected chi connectivity index (χ2v) is 4.45. The van der Waals surface area contributed by atoms with Gasteiger partial charge in [0.2, 0.25) is 0 Å². The van der Waals surface area contributed by atoms with Gasteiger partial charge >= 0.3 is 0 Å². The summed E-state index contributed by atoms with van der Waals surface area (Å²) in [5, 5.41) is 20.8. The van der Waals surface area contributed by atoms with Gasteiger partial charge in [-0.15, -0.1) is 0 Å². The summed E-state index contributed by atoms with van der Waals surface area (Å²) in [7, 11) is 0. The highest BCUT2D eigenvalue weighted by molar-refractivity contribution is 6.30. The van der Waals surface area contributed by atoms with Crippen LogP contribution in [0.3, 0.4) is 0 Å². The van der Waals surface area contributed by atoms with Gasteiger partial charge in [-0.1, -0.05) is 31.0 Å². The van der Waals surface area contributed by atoms with Gasteiger partial charge in [-0.05, 0) is 25.3 Å². The first kappa shape index (κ1) is 13.9. The van der Waals surface area contributed by atoms with Gasteiger partial charge in [0.05, 0.1) is 11.0 Å². The lowest BCUT2D eigenvalue weighted by Crippen LogP contribution is -2.08. The number of rotatable bonds is 6. The molecule has 1 aromatic rings. The molecule has 0 heterocycles. The van der Waals surface area contributed by atoms with Gasteiger partial charge < -0.3 is 5.11 Å². The third-order valence-electron chi connectivity index (χ3n) is 2.61. The monoisotopic (exact) mass is 257 g/mol. The molecule has 4 nitrogen and oxygen atoms in total. The SMILES string of the molecule is CCCC(O)CCc1ccc(Cl)cc1[N+](=O)[O-]. The Morgan fingerprint density at radius 3 is 2.76 bits per heavy atom. The van der Waals surface area contributed by atoms with E-state index in [4.69, 9.17) is 11.6 Å². The summed E-state index contributed by atoms with van der Waals surface area (Å²) in [6, 6.07) is 4.64. The molecule has 1 atom stereocenters. The topological polar surface area (TPSA) is 63.4 Å². The van der Waals surface area contributed by atoms with Crippen LogP contribution in [0.2, 0.25) is 5.02 Å². The van der Waals surface area contributed by atoms with Crippen LogP contribution in [0.1, 0.15) is 31.7 Å². The molecule has 0 spiro atoms. The molecule has 0 aromatic heterocycles. The van der Waals surface area contributed by atoms with Crippen LogP contribution >= 0.6 is 11.6 Å². The van der Waals surface area contributed by atoms with Gasteiger partial charge in [-0.25, -0.2) is 0 Å². The summed E-state index contributed by atoms with van der Waals surface area (Å²) in [5.74, 6) is 0. The van der Waals surface area contributed by atoms with Crippen molar-refractivity contribution in [1.82, 2.24) is 0 Å². The number of aliphatic hydroxyl groups is 1. The Kier molecular flexibility index (Phi) is 5.38. The van der Waals surface area contributed by atoms with Crippen molar-refractivity contribution in [3.05, 3.63) is 38.9 Å². The average Bonchev–Trinajstić information content (AvgIpc) is 2.27. The summed E-state index contributed by atoms with van der Waals surface area (Å²) in [6.45, 7) is 1.99. The second kappa shape index (κ2) is 6.57. The quantitative estimate of drug-likeness (QED) is 0.628. The van der Waals surface area contributed by atoms with Crippen LogP contribution in [-0.4, -0.2) is 16.1 Å². The molecule has 1 N–H and O–H groups in total. The predicted octanol–water partition coefficient (Wildman–Crippen LogP) is 3.34. The lowest BCUT2D eigenvalue weighted by molar-refractivity contribution is -0.385. The Morgan fingerprint density at radius 1 is 1.47 bits per heavy atom. The molecule has 0 aliphatic heterocycles. The molecule has 0 radical (unpaired) electrons. The maximum absolute atomic E-state index is 10.8. The van der Waals surface area contributed by atoms with E-state index in [9.17, 15) is 15.2 Å². The molecule has 0 aliphatic rings. The van der Waals surface area contributed by atoms with Gasteiger partial charge in [0.15, 0.2) is 0 Å².